The monoisotopic (exact) mass is 347 g/mol. The van der Waals surface area contributed by atoms with Crippen molar-refractivity contribution in [1.29, 1.82) is 0 Å². The lowest BCUT2D eigenvalue weighted by atomic mass is 9.89. The van der Waals surface area contributed by atoms with Crippen LogP contribution in [-0.4, -0.2) is 60.2 Å². The Labute approximate surface area is 139 Å². The van der Waals surface area contributed by atoms with Gasteiger partial charge in [-0.05, 0) is 37.4 Å². The normalized spacial score (nSPS) is 20.7. The standard InChI is InChI=1S/C17H24F3NO3/c1-21(10-16(23)17(18,19)20)9-13(22)11-24-15-8-4-6-12-5-2-3-7-14(12)15/h2-3,5,7,13,15-16,22-23H,4,6,8-11H2,1H3. The van der Waals surface area contributed by atoms with Crippen LogP contribution in [0.25, 0.3) is 0 Å². The summed E-state index contributed by atoms with van der Waals surface area (Å²) in [6.07, 6.45) is -5.18. The first-order valence-corrected chi connectivity index (χ1v) is 8.08. The number of aliphatic hydroxyl groups is 2. The van der Waals surface area contributed by atoms with Gasteiger partial charge in [-0.2, -0.15) is 13.2 Å². The lowest BCUT2D eigenvalue weighted by molar-refractivity contribution is -0.208. The number of aryl methyl sites for hydroxylation is 1. The first kappa shape index (κ1) is 19.2. The zero-order valence-electron chi connectivity index (χ0n) is 13.7. The van der Waals surface area contributed by atoms with Gasteiger partial charge in [0.2, 0.25) is 0 Å². The molecule has 2 N–H and O–H groups in total. The van der Waals surface area contributed by atoms with Crippen LogP contribution < -0.4 is 0 Å². The number of alkyl halides is 3. The van der Waals surface area contributed by atoms with Crippen LogP contribution >= 0.6 is 0 Å². The van der Waals surface area contributed by atoms with Gasteiger partial charge in [0.05, 0.1) is 18.8 Å². The molecule has 1 aromatic carbocycles. The molecule has 0 saturated heterocycles. The summed E-state index contributed by atoms with van der Waals surface area (Å²) < 4.78 is 42.7. The molecule has 7 heteroatoms. The Bertz CT molecular complexity index is 524. The fourth-order valence-corrected chi connectivity index (χ4v) is 3.00. The van der Waals surface area contributed by atoms with Crippen molar-refractivity contribution >= 4 is 0 Å². The number of hydrogen-bond acceptors (Lipinski definition) is 4. The first-order valence-electron chi connectivity index (χ1n) is 8.08. The topological polar surface area (TPSA) is 52.9 Å². The van der Waals surface area contributed by atoms with Gasteiger partial charge >= 0.3 is 6.18 Å². The van der Waals surface area contributed by atoms with E-state index in [4.69, 9.17) is 9.84 Å². The Hall–Kier alpha value is -1.15. The zero-order chi connectivity index (χ0) is 17.7. The van der Waals surface area contributed by atoms with Gasteiger partial charge in [0, 0.05) is 13.1 Å². The summed E-state index contributed by atoms with van der Waals surface area (Å²) in [6, 6.07) is 8.01. The van der Waals surface area contributed by atoms with E-state index < -0.39 is 24.9 Å². The fourth-order valence-electron chi connectivity index (χ4n) is 3.00. The Morgan fingerprint density at radius 2 is 1.96 bits per heavy atom. The smallest absolute Gasteiger partial charge is 0.389 e. The van der Waals surface area contributed by atoms with Crippen molar-refractivity contribution in [3.8, 4) is 0 Å². The largest absolute Gasteiger partial charge is 0.415 e. The van der Waals surface area contributed by atoms with Crippen molar-refractivity contribution in [2.24, 2.45) is 0 Å². The molecule has 3 atom stereocenters. The van der Waals surface area contributed by atoms with Crippen molar-refractivity contribution in [3.63, 3.8) is 0 Å². The van der Waals surface area contributed by atoms with Gasteiger partial charge in [0.1, 0.15) is 0 Å². The molecule has 2 rings (SSSR count). The predicted molar refractivity (Wildman–Crippen MR) is 83.6 cm³/mol. The summed E-state index contributed by atoms with van der Waals surface area (Å²) in [6.45, 7) is -0.528. The van der Waals surface area contributed by atoms with Gasteiger partial charge in [0.25, 0.3) is 0 Å². The van der Waals surface area contributed by atoms with Crippen LogP contribution in [0.5, 0.6) is 0 Å². The predicted octanol–water partition coefficient (Wildman–Crippen LogP) is 2.30. The van der Waals surface area contributed by atoms with Crippen molar-refractivity contribution in [2.75, 3.05) is 26.7 Å². The number of benzene rings is 1. The van der Waals surface area contributed by atoms with Crippen LogP contribution in [0.2, 0.25) is 0 Å². The average molecular weight is 347 g/mol. The van der Waals surface area contributed by atoms with E-state index in [-0.39, 0.29) is 19.3 Å². The molecule has 24 heavy (non-hydrogen) atoms. The second-order valence-corrected chi connectivity index (χ2v) is 6.35. The molecule has 136 valence electrons. The number of likely N-dealkylation sites (N-methyl/N-ethyl adjacent to an activating group) is 1. The molecule has 4 nitrogen and oxygen atoms in total. The number of ether oxygens (including phenoxy) is 1. The molecule has 0 bridgehead atoms. The number of aliphatic hydroxyl groups excluding tert-OH is 2. The fraction of sp³-hybridized carbons (Fsp3) is 0.647. The maximum atomic E-state index is 12.3. The van der Waals surface area contributed by atoms with Crippen molar-refractivity contribution in [1.82, 2.24) is 4.90 Å². The van der Waals surface area contributed by atoms with E-state index >= 15 is 0 Å². The second kappa shape index (κ2) is 8.29. The minimum atomic E-state index is -4.65. The van der Waals surface area contributed by atoms with Gasteiger partial charge in [-0.3, -0.25) is 0 Å². The third-order valence-corrected chi connectivity index (χ3v) is 4.19. The van der Waals surface area contributed by atoms with Crippen molar-refractivity contribution < 1.29 is 28.1 Å². The van der Waals surface area contributed by atoms with Crippen LogP contribution in [0.4, 0.5) is 13.2 Å². The summed E-state index contributed by atoms with van der Waals surface area (Å²) in [7, 11) is 1.42. The van der Waals surface area contributed by atoms with Crippen LogP contribution in [0.15, 0.2) is 24.3 Å². The number of halogens is 3. The second-order valence-electron chi connectivity index (χ2n) is 6.35. The molecule has 3 unspecified atom stereocenters. The number of rotatable bonds is 7. The zero-order valence-corrected chi connectivity index (χ0v) is 13.7. The maximum Gasteiger partial charge on any atom is 0.415 e. The van der Waals surface area contributed by atoms with Gasteiger partial charge in [-0.1, -0.05) is 24.3 Å². The van der Waals surface area contributed by atoms with E-state index in [1.54, 1.807) is 0 Å². The molecule has 1 aromatic rings. The molecule has 0 fully saturated rings. The van der Waals surface area contributed by atoms with E-state index in [1.165, 1.54) is 17.5 Å². The Balaban J connectivity index is 1.79. The quantitative estimate of drug-likeness (QED) is 0.795. The van der Waals surface area contributed by atoms with Crippen molar-refractivity contribution in [3.05, 3.63) is 35.4 Å². The van der Waals surface area contributed by atoms with Gasteiger partial charge in [-0.15, -0.1) is 0 Å². The highest BCUT2D eigenvalue weighted by Crippen LogP contribution is 2.32. The lowest BCUT2D eigenvalue weighted by Crippen LogP contribution is -2.42. The highest BCUT2D eigenvalue weighted by molar-refractivity contribution is 5.31. The summed E-state index contributed by atoms with van der Waals surface area (Å²) in [5.41, 5.74) is 2.37. The van der Waals surface area contributed by atoms with Gasteiger partial charge in [0.15, 0.2) is 6.10 Å². The molecule has 0 heterocycles. The van der Waals surface area contributed by atoms with E-state index in [0.29, 0.717) is 0 Å². The highest BCUT2D eigenvalue weighted by Gasteiger charge is 2.38. The SMILES string of the molecule is CN(CC(O)COC1CCCc2ccccc21)CC(O)C(F)(F)F. The van der Waals surface area contributed by atoms with E-state index in [1.807, 2.05) is 18.2 Å². The van der Waals surface area contributed by atoms with Crippen molar-refractivity contribution in [2.45, 2.75) is 43.8 Å². The first-order chi connectivity index (χ1) is 11.3. The summed E-state index contributed by atoms with van der Waals surface area (Å²) in [5.74, 6) is 0. The molecule has 0 amide bonds. The third kappa shape index (κ3) is 5.44. The molecular weight excluding hydrogens is 323 g/mol. The van der Waals surface area contributed by atoms with Crippen LogP contribution in [-0.2, 0) is 11.2 Å². The van der Waals surface area contributed by atoms with E-state index in [2.05, 4.69) is 6.07 Å². The van der Waals surface area contributed by atoms with Gasteiger partial charge in [-0.25, -0.2) is 0 Å². The lowest BCUT2D eigenvalue weighted by Gasteiger charge is -2.28. The van der Waals surface area contributed by atoms with Crippen LogP contribution in [0.3, 0.4) is 0 Å². The van der Waals surface area contributed by atoms with Crippen LogP contribution in [0, 0.1) is 0 Å². The Morgan fingerprint density at radius 1 is 1.25 bits per heavy atom. The van der Waals surface area contributed by atoms with Gasteiger partial charge < -0.3 is 19.8 Å². The highest BCUT2D eigenvalue weighted by atomic mass is 19.4. The summed E-state index contributed by atoms with van der Waals surface area (Å²) >= 11 is 0. The number of nitrogens with zero attached hydrogens (tertiary/aromatic N) is 1. The molecular formula is C17H24F3NO3. The summed E-state index contributed by atoms with van der Waals surface area (Å²) in [5, 5.41) is 19.0. The molecule has 0 saturated carbocycles. The summed E-state index contributed by atoms with van der Waals surface area (Å²) in [4.78, 5) is 1.25. The number of fused-ring (bicyclic) bond motifs is 1. The molecule has 0 aliphatic heterocycles. The minimum Gasteiger partial charge on any atom is -0.389 e. The maximum absolute atomic E-state index is 12.3. The molecule has 1 aliphatic carbocycles. The van der Waals surface area contributed by atoms with Crippen LogP contribution in [0.1, 0.15) is 30.1 Å². The molecule has 0 radical (unpaired) electrons. The molecule has 0 spiro atoms. The minimum absolute atomic E-state index is 0.00149. The Morgan fingerprint density at radius 3 is 2.67 bits per heavy atom. The molecule has 1 aliphatic rings. The number of hydrogen-bond donors (Lipinski definition) is 2. The Kier molecular flexibility index (Phi) is 6.62. The third-order valence-electron chi connectivity index (χ3n) is 4.19. The van der Waals surface area contributed by atoms with E-state index in [0.717, 1.165) is 24.8 Å². The molecule has 0 aromatic heterocycles. The van der Waals surface area contributed by atoms with E-state index in [9.17, 15) is 18.3 Å². The average Bonchev–Trinajstić information content (AvgIpc) is 2.51.